The summed E-state index contributed by atoms with van der Waals surface area (Å²) in [6.07, 6.45) is 1.08. The van der Waals surface area contributed by atoms with Crippen LogP contribution in [0.3, 0.4) is 0 Å². The Labute approximate surface area is 104 Å². The van der Waals surface area contributed by atoms with Crippen LogP contribution in [-0.2, 0) is 0 Å². The summed E-state index contributed by atoms with van der Waals surface area (Å²) in [5, 5.41) is 0. The van der Waals surface area contributed by atoms with E-state index in [1.54, 1.807) is 11.0 Å². The maximum absolute atomic E-state index is 12.2. The molecule has 0 aliphatic carbocycles. The van der Waals surface area contributed by atoms with Crippen molar-refractivity contribution in [3.8, 4) is 0 Å². The van der Waals surface area contributed by atoms with Gasteiger partial charge < -0.3 is 10.6 Å². The summed E-state index contributed by atoms with van der Waals surface area (Å²) in [4.78, 5) is 13.9. The quantitative estimate of drug-likeness (QED) is 0.814. The maximum atomic E-state index is 12.2. The number of benzene rings is 1. The molecule has 0 fully saturated rings. The Morgan fingerprint density at radius 2 is 2.06 bits per heavy atom. The lowest BCUT2D eigenvalue weighted by Gasteiger charge is -2.21. The van der Waals surface area contributed by atoms with Crippen LogP contribution in [0.1, 0.15) is 36.2 Å². The van der Waals surface area contributed by atoms with Crippen LogP contribution in [-0.4, -0.2) is 24.4 Å². The molecule has 0 heterocycles. The number of nitrogen functional groups attached to an aromatic ring is 1. The number of nitrogens with two attached hydrogens (primary N) is 1. The molecule has 1 unspecified atom stereocenters. The zero-order valence-electron chi connectivity index (χ0n) is 11.2. The van der Waals surface area contributed by atoms with Gasteiger partial charge in [0.1, 0.15) is 0 Å². The van der Waals surface area contributed by atoms with Crippen molar-refractivity contribution < 1.29 is 4.79 Å². The monoisotopic (exact) mass is 234 g/mol. The Bertz CT molecular complexity index is 381. The molecule has 1 atom stereocenters. The molecule has 1 aromatic carbocycles. The summed E-state index contributed by atoms with van der Waals surface area (Å²) in [7, 11) is 1.84. The van der Waals surface area contributed by atoms with Gasteiger partial charge in [-0.15, -0.1) is 0 Å². The predicted octanol–water partition coefficient (Wildman–Crippen LogP) is 2.70. The van der Waals surface area contributed by atoms with Crippen molar-refractivity contribution in [3.05, 3.63) is 29.3 Å². The SMILES string of the molecule is CCC(C)CN(C)C(=O)c1cc(C)cc(N)c1. The molecule has 0 bridgehead atoms. The fraction of sp³-hybridized carbons (Fsp3) is 0.500. The highest BCUT2D eigenvalue weighted by atomic mass is 16.2. The summed E-state index contributed by atoms with van der Waals surface area (Å²) in [6, 6.07) is 5.49. The second-order valence-electron chi connectivity index (χ2n) is 4.83. The molecule has 94 valence electrons. The van der Waals surface area contributed by atoms with Gasteiger partial charge >= 0.3 is 0 Å². The Kier molecular flexibility index (Phi) is 4.55. The lowest BCUT2D eigenvalue weighted by Crippen LogP contribution is -2.31. The smallest absolute Gasteiger partial charge is 0.253 e. The van der Waals surface area contributed by atoms with Crippen molar-refractivity contribution in [2.75, 3.05) is 19.3 Å². The summed E-state index contributed by atoms with van der Waals surface area (Å²) < 4.78 is 0. The first-order valence-electron chi connectivity index (χ1n) is 6.06. The lowest BCUT2D eigenvalue weighted by molar-refractivity contribution is 0.0775. The fourth-order valence-electron chi connectivity index (χ4n) is 1.84. The highest BCUT2D eigenvalue weighted by molar-refractivity contribution is 5.95. The molecule has 17 heavy (non-hydrogen) atoms. The highest BCUT2D eigenvalue weighted by Crippen LogP contribution is 2.14. The number of nitrogens with zero attached hydrogens (tertiary/aromatic N) is 1. The molecule has 0 aliphatic heterocycles. The zero-order chi connectivity index (χ0) is 13.0. The third-order valence-electron chi connectivity index (χ3n) is 2.98. The molecule has 0 radical (unpaired) electrons. The van der Waals surface area contributed by atoms with Crippen molar-refractivity contribution >= 4 is 11.6 Å². The average molecular weight is 234 g/mol. The van der Waals surface area contributed by atoms with Gasteiger partial charge in [-0.05, 0) is 36.6 Å². The van der Waals surface area contributed by atoms with E-state index in [-0.39, 0.29) is 5.91 Å². The van der Waals surface area contributed by atoms with Crippen molar-refractivity contribution in [3.63, 3.8) is 0 Å². The summed E-state index contributed by atoms with van der Waals surface area (Å²) in [5.41, 5.74) is 8.09. The molecule has 1 amide bonds. The van der Waals surface area contributed by atoms with Crippen molar-refractivity contribution in [2.24, 2.45) is 5.92 Å². The fourth-order valence-corrected chi connectivity index (χ4v) is 1.84. The normalized spacial score (nSPS) is 12.2. The van der Waals surface area contributed by atoms with E-state index in [2.05, 4.69) is 13.8 Å². The molecule has 0 saturated carbocycles. The minimum absolute atomic E-state index is 0.0423. The summed E-state index contributed by atoms with van der Waals surface area (Å²) in [5.74, 6) is 0.562. The van der Waals surface area contributed by atoms with Gasteiger partial charge in [-0.1, -0.05) is 20.3 Å². The molecular weight excluding hydrogens is 212 g/mol. The van der Waals surface area contributed by atoms with Crippen LogP contribution in [0.15, 0.2) is 18.2 Å². The van der Waals surface area contributed by atoms with Crippen molar-refractivity contribution in [2.45, 2.75) is 27.2 Å². The molecule has 0 aliphatic rings. The number of rotatable bonds is 4. The van der Waals surface area contributed by atoms with Gasteiger partial charge in [-0.25, -0.2) is 0 Å². The van der Waals surface area contributed by atoms with Gasteiger partial charge in [0.05, 0.1) is 0 Å². The third kappa shape index (κ3) is 3.77. The number of aryl methyl sites for hydroxylation is 1. The van der Waals surface area contributed by atoms with E-state index in [1.165, 1.54) is 0 Å². The third-order valence-corrected chi connectivity index (χ3v) is 2.98. The molecule has 1 rings (SSSR count). The van der Waals surface area contributed by atoms with E-state index in [4.69, 9.17) is 5.73 Å². The first kappa shape index (κ1) is 13.6. The van der Waals surface area contributed by atoms with Crippen LogP contribution < -0.4 is 5.73 Å². The van der Waals surface area contributed by atoms with E-state index < -0.39 is 0 Å². The van der Waals surface area contributed by atoms with Gasteiger partial charge in [-0.2, -0.15) is 0 Å². The maximum Gasteiger partial charge on any atom is 0.253 e. The molecule has 1 aromatic rings. The van der Waals surface area contributed by atoms with E-state index >= 15 is 0 Å². The number of hydrogen-bond donors (Lipinski definition) is 1. The van der Waals surface area contributed by atoms with Crippen LogP contribution in [0.25, 0.3) is 0 Å². The number of carbonyl (C=O) groups is 1. The molecule has 3 nitrogen and oxygen atoms in total. The van der Waals surface area contributed by atoms with Gasteiger partial charge in [0, 0.05) is 24.8 Å². The van der Waals surface area contributed by atoms with Crippen LogP contribution >= 0.6 is 0 Å². The Balaban J connectivity index is 2.81. The lowest BCUT2D eigenvalue weighted by atomic mass is 10.1. The molecular formula is C14H22N2O. The predicted molar refractivity (Wildman–Crippen MR) is 72.0 cm³/mol. The van der Waals surface area contributed by atoms with Crippen LogP contribution in [0.5, 0.6) is 0 Å². The van der Waals surface area contributed by atoms with Gasteiger partial charge in [0.25, 0.3) is 5.91 Å². The second-order valence-corrected chi connectivity index (χ2v) is 4.83. The molecule has 0 saturated heterocycles. The average Bonchev–Trinajstić information content (AvgIpc) is 2.26. The van der Waals surface area contributed by atoms with Gasteiger partial charge in [0.15, 0.2) is 0 Å². The molecule has 2 N–H and O–H groups in total. The van der Waals surface area contributed by atoms with Crippen molar-refractivity contribution in [1.82, 2.24) is 4.90 Å². The molecule has 3 heteroatoms. The van der Waals surface area contributed by atoms with E-state index in [0.717, 1.165) is 18.5 Å². The van der Waals surface area contributed by atoms with Crippen LogP contribution in [0.4, 0.5) is 5.69 Å². The Morgan fingerprint density at radius 1 is 1.41 bits per heavy atom. The Hall–Kier alpha value is -1.51. The molecule has 0 spiro atoms. The van der Waals surface area contributed by atoms with E-state index in [9.17, 15) is 4.79 Å². The number of carbonyl (C=O) groups excluding carboxylic acids is 1. The number of hydrogen-bond acceptors (Lipinski definition) is 2. The van der Waals surface area contributed by atoms with Gasteiger partial charge in [-0.3, -0.25) is 4.79 Å². The van der Waals surface area contributed by atoms with Crippen molar-refractivity contribution in [1.29, 1.82) is 0 Å². The standard InChI is InChI=1S/C14H22N2O/c1-5-10(2)9-16(4)14(17)12-6-11(3)7-13(15)8-12/h6-8,10H,5,9,15H2,1-4H3. The van der Waals surface area contributed by atoms with E-state index in [1.807, 2.05) is 26.1 Å². The topological polar surface area (TPSA) is 46.3 Å². The zero-order valence-corrected chi connectivity index (χ0v) is 11.2. The first-order valence-corrected chi connectivity index (χ1v) is 6.06. The molecule has 0 aromatic heterocycles. The first-order chi connectivity index (χ1) is 7.93. The minimum Gasteiger partial charge on any atom is -0.399 e. The summed E-state index contributed by atoms with van der Waals surface area (Å²) >= 11 is 0. The minimum atomic E-state index is 0.0423. The van der Waals surface area contributed by atoms with Crippen LogP contribution in [0.2, 0.25) is 0 Å². The highest BCUT2D eigenvalue weighted by Gasteiger charge is 2.14. The summed E-state index contributed by atoms with van der Waals surface area (Å²) in [6.45, 7) is 7.01. The van der Waals surface area contributed by atoms with E-state index in [0.29, 0.717) is 17.2 Å². The van der Waals surface area contributed by atoms with Crippen LogP contribution in [0, 0.1) is 12.8 Å². The largest absolute Gasteiger partial charge is 0.399 e. The second kappa shape index (κ2) is 5.71. The number of anilines is 1. The Morgan fingerprint density at radius 3 is 2.59 bits per heavy atom. The number of amides is 1. The van der Waals surface area contributed by atoms with Gasteiger partial charge in [0.2, 0.25) is 0 Å².